The molecule has 1 aromatic carbocycles. The first kappa shape index (κ1) is 9.72. The molecule has 1 saturated carbocycles. The molecule has 1 heteroatoms. The third-order valence-corrected chi connectivity index (χ3v) is 3.54. The van der Waals surface area contributed by atoms with Gasteiger partial charge in [-0.1, -0.05) is 25.1 Å². The van der Waals surface area contributed by atoms with Crippen molar-refractivity contribution in [2.24, 2.45) is 11.8 Å². The van der Waals surface area contributed by atoms with Gasteiger partial charge in [-0.05, 0) is 48.8 Å². The standard InChI is InChI=1S/C13H18O/c1-8-5-4-6-11(10(8)3)13(14)12-7-9(12)2/h4-6,9,12-14H,7H2,1-3H3. The third kappa shape index (κ3) is 1.57. The number of aliphatic hydroxyl groups excluding tert-OH is 1. The van der Waals surface area contributed by atoms with E-state index in [4.69, 9.17) is 0 Å². The molecule has 76 valence electrons. The van der Waals surface area contributed by atoms with Crippen LogP contribution in [0.4, 0.5) is 0 Å². The van der Waals surface area contributed by atoms with Crippen molar-refractivity contribution in [2.45, 2.75) is 33.3 Å². The van der Waals surface area contributed by atoms with Gasteiger partial charge in [0.15, 0.2) is 0 Å². The van der Waals surface area contributed by atoms with Crippen LogP contribution in [0.5, 0.6) is 0 Å². The fraction of sp³-hybridized carbons (Fsp3) is 0.538. The Balaban J connectivity index is 2.27. The Kier molecular flexibility index (Phi) is 2.36. The van der Waals surface area contributed by atoms with Gasteiger partial charge in [-0.2, -0.15) is 0 Å². The van der Waals surface area contributed by atoms with Crippen molar-refractivity contribution >= 4 is 0 Å². The van der Waals surface area contributed by atoms with Crippen LogP contribution in [0.2, 0.25) is 0 Å². The molecule has 14 heavy (non-hydrogen) atoms. The van der Waals surface area contributed by atoms with Gasteiger partial charge in [0.25, 0.3) is 0 Å². The molecule has 3 unspecified atom stereocenters. The van der Waals surface area contributed by atoms with Gasteiger partial charge >= 0.3 is 0 Å². The largest absolute Gasteiger partial charge is 0.388 e. The molecule has 1 aliphatic rings. The Hall–Kier alpha value is -0.820. The van der Waals surface area contributed by atoms with Crippen LogP contribution < -0.4 is 0 Å². The summed E-state index contributed by atoms with van der Waals surface area (Å²) in [6, 6.07) is 6.19. The van der Waals surface area contributed by atoms with Gasteiger partial charge in [0.1, 0.15) is 0 Å². The van der Waals surface area contributed by atoms with E-state index in [0.29, 0.717) is 11.8 Å². The highest BCUT2D eigenvalue weighted by Crippen LogP contribution is 2.47. The Morgan fingerprint density at radius 1 is 1.36 bits per heavy atom. The molecule has 0 radical (unpaired) electrons. The number of hydrogen-bond acceptors (Lipinski definition) is 1. The van der Waals surface area contributed by atoms with Crippen molar-refractivity contribution in [3.8, 4) is 0 Å². The lowest BCUT2D eigenvalue weighted by Crippen LogP contribution is -2.04. The first-order chi connectivity index (χ1) is 6.61. The first-order valence-corrected chi connectivity index (χ1v) is 5.35. The van der Waals surface area contributed by atoms with Crippen LogP contribution in [0.3, 0.4) is 0 Å². The van der Waals surface area contributed by atoms with E-state index in [1.54, 1.807) is 0 Å². The predicted molar refractivity (Wildman–Crippen MR) is 58.1 cm³/mol. The van der Waals surface area contributed by atoms with Crippen LogP contribution in [0.1, 0.15) is 36.1 Å². The normalized spacial score (nSPS) is 27.4. The average molecular weight is 190 g/mol. The van der Waals surface area contributed by atoms with E-state index in [0.717, 1.165) is 5.56 Å². The SMILES string of the molecule is Cc1cccc(C(O)C2CC2C)c1C. The number of benzene rings is 1. The lowest BCUT2D eigenvalue weighted by Gasteiger charge is -2.14. The number of aliphatic hydroxyl groups is 1. The fourth-order valence-corrected chi connectivity index (χ4v) is 2.12. The van der Waals surface area contributed by atoms with Gasteiger partial charge in [0.2, 0.25) is 0 Å². The second-order valence-electron chi connectivity index (χ2n) is 4.61. The molecular formula is C13H18O. The number of rotatable bonds is 2. The average Bonchev–Trinajstić information content (AvgIpc) is 2.87. The molecule has 2 rings (SSSR count). The second kappa shape index (κ2) is 3.39. The van der Waals surface area contributed by atoms with Gasteiger partial charge in [-0.15, -0.1) is 0 Å². The molecule has 0 spiro atoms. The summed E-state index contributed by atoms with van der Waals surface area (Å²) in [5.74, 6) is 1.19. The molecule has 0 bridgehead atoms. The van der Waals surface area contributed by atoms with E-state index in [-0.39, 0.29) is 6.10 Å². The number of hydrogen-bond donors (Lipinski definition) is 1. The summed E-state index contributed by atoms with van der Waals surface area (Å²) in [7, 11) is 0. The van der Waals surface area contributed by atoms with Crippen molar-refractivity contribution in [2.75, 3.05) is 0 Å². The van der Waals surface area contributed by atoms with E-state index in [2.05, 4.69) is 32.9 Å². The Morgan fingerprint density at radius 2 is 2.00 bits per heavy atom. The van der Waals surface area contributed by atoms with Crippen molar-refractivity contribution < 1.29 is 5.11 Å². The Bertz CT molecular complexity index is 343. The van der Waals surface area contributed by atoms with E-state index in [1.165, 1.54) is 17.5 Å². The smallest absolute Gasteiger partial charge is 0.0823 e. The zero-order valence-corrected chi connectivity index (χ0v) is 9.12. The molecular weight excluding hydrogens is 172 g/mol. The highest BCUT2D eigenvalue weighted by Gasteiger charge is 2.39. The van der Waals surface area contributed by atoms with Gasteiger partial charge in [0, 0.05) is 0 Å². The summed E-state index contributed by atoms with van der Waals surface area (Å²) in [4.78, 5) is 0. The zero-order valence-electron chi connectivity index (χ0n) is 9.12. The van der Waals surface area contributed by atoms with E-state index in [9.17, 15) is 5.11 Å². The van der Waals surface area contributed by atoms with Gasteiger partial charge in [-0.25, -0.2) is 0 Å². The lowest BCUT2D eigenvalue weighted by atomic mass is 9.96. The molecule has 1 aliphatic carbocycles. The molecule has 0 aromatic heterocycles. The summed E-state index contributed by atoms with van der Waals surface area (Å²) in [6.07, 6.45) is 0.930. The molecule has 1 nitrogen and oxygen atoms in total. The highest BCUT2D eigenvalue weighted by atomic mass is 16.3. The summed E-state index contributed by atoms with van der Waals surface area (Å²) in [5.41, 5.74) is 3.65. The van der Waals surface area contributed by atoms with Crippen molar-refractivity contribution in [3.05, 3.63) is 34.9 Å². The summed E-state index contributed by atoms with van der Waals surface area (Å²) >= 11 is 0. The maximum atomic E-state index is 10.1. The molecule has 1 aromatic rings. The highest BCUT2D eigenvalue weighted by molar-refractivity contribution is 5.35. The minimum atomic E-state index is -0.245. The molecule has 0 aliphatic heterocycles. The van der Waals surface area contributed by atoms with Crippen LogP contribution in [-0.4, -0.2) is 5.11 Å². The Morgan fingerprint density at radius 3 is 2.57 bits per heavy atom. The predicted octanol–water partition coefficient (Wildman–Crippen LogP) is 2.99. The van der Waals surface area contributed by atoms with Gasteiger partial charge in [0.05, 0.1) is 6.10 Å². The van der Waals surface area contributed by atoms with Crippen LogP contribution in [0.15, 0.2) is 18.2 Å². The minimum absolute atomic E-state index is 0.245. The van der Waals surface area contributed by atoms with E-state index >= 15 is 0 Å². The van der Waals surface area contributed by atoms with Gasteiger partial charge in [-0.3, -0.25) is 0 Å². The third-order valence-electron chi connectivity index (χ3n) is 3.54. The van der Waals surface area contributed by atoms with Crippen LogP contribution in [0.25, 0.3) is 0 Å². The zero-order chi connectivity index (χ0) is 10.3. The molecule has 1 fully saturated rings. The lowest BCUT2D eigenvalue weighted by molar-refractivity contribution is 0.147. The maximum Gasteiger partial charge on any atom is 0.0823 e. The minimum Gasteiger partial charge on any atom is -0.388 e. The molecule has 0 heterocycles. The molecule has 1 N–H and O–H groups in total. The maximum absolute atomic E-state index is 10.1. The second-order valence-corrected chi connectivity index (χ2v) is 4.61. The molecule has 3 atom stereocenters. The van der Waals surface area contributed by atoms with Crippen molar-refractivity contribution in [1.82, 2.24) is 0 Å². The van der Waals surface area contributed by atoms with Crippen LogP contribution in [-0.2, 0) is 0 Å². The monoisotopic (exact) mass is 190 g/mol. The topological polar surface area (TPSA) is 20.2 Å². The quantitative estimate of drug-likeness (QED) is 0.760. The van der Waals surface area contributed by atoms with Crippen molar-refractivity contribution in [3.63, 3.8) is 0 Å². The van der Waals surface area contributed by atoms with Crippen molar-refractivity contribution in [1.29, 1.82) is 0 Å². The molecule has 0 saturated heterocycles. The summed E-state index contributed by atoms with van der Waals surface area (Å²) in [6.45, 7) is 6.40. The molecule has 0 amide bonds. The van der Waals surface area contributed by atoms with Crippen LogP contribution in [0, 0.1) is 25.7 Å². The fourth-order valence-electron chi connectivity index (χ4n) is 2.12. The summed E-state index contributed by atoms with van der Waals surface area (Å²) in [5, 5.41) is 10.1. The first-order valence-electron chi connectivity index (χ1n) is 5.35. The summed E-state index contributed by atoms with van der Waals surface area (Å²) < 4.78 is 0. The number of aryl methyl sites for hydroxylation is 1. The van der Waals surface area contributed by atoms with E-state index < -0.39 is 0 Å². The Labute approximate surface area is 85.8 Å². The van der Waals surface area contributed by atoms with E-state index in [1.807, 2.05) is 6.07 Å². The van der Waals surface area contributed by atoms with Crippen LogP contribution >= 0.6 is 0 Å². The van der Waals surface area contributed by atoms with Gasteiger partial charge < -0.3 is 5.11 Å².